The minimum atomic E-state index is -0.730. The standard InChI is InChI=1S/C16H18F2N4O/c1-3-4-10-22(2)16(23)13-8-9-14(21-20-13)19-15-11(17)6-5-7-12(15)18/h5-9H,3-4,10H2,1-2H3,(H,19,21). The SMILES string of the molecule is CCCCN(C)C(=O)c1ccc(Nc2c(F)cccc2F)nn1. The second-order valence-electron chi connectivity index (χ2n) is 5.11. The number of amides is 1. The van der Waals surface area contributed by atoms with Crippen molar-refractivity contribution in [2.24, 2.45) is 0 Å². The van der Waals surface area contributed by atoms with E-state index < -0.39 is 11.6 Å². The van der Waals surface area contributed by atoms with Crippen molar-refractivity contribution in [1.82, 2.24) is 15.1 Å². The average molecular weight is 320 g/mol. The number of para-hydroxylation sites is 1. The molecule has 2 rings (SSSR count). The van der Waals surface area contributed by atoms with E-state index in [4.69, 9.17) is 0 Å². The Morgan fingerprint density at radius 2 is 1.87 bits per heavy atom. The fourth-order valence-corrected chi connectivity index (χ4v) is 1.95. The lowest BCUT2D eigenvalue weighted by atomic mass is 10.2. The molecule has 1 aromatic heterocycles. The first kappa shape index (κ1) is 16.8. The zero-order valence-electron chi connectivity index (χ0n) is 13.0. The number of halogens is 2. The van der Waals surface area contributed by atoms with Crippen molar-refractivity contribution in [3.05, 3.63) is 47.7 Å². The highest BCUT2D eigenvalue weighted by Crippen LogP contribution is 2.21. The van der Waals surface area contributed by atoms with E-state index in [1.165, 1.54) is 18.2 Å². The van der Waals surface area contributed by atoms with Gasteiger partial charge in [0.1, 0.15) is 17.3 Å². The number of aromatic nitrogens is 2. The smallest absolute Gasteiger partial charge is 0.274 e. The van der Waals surface area contributed by atoms with Crippen LogP contribution in [0.25, 0.3) is 0 Å². The Labute approximate surface area is 133 Å². The second-order valence-corrected chi connectivity index (χ2v) is 5.11. The molecule has 0 spiro atoms. The van der Waals surface area contributed by atoms with Crippen molar-refractivity contribution < 1.29 is 13.6 Å². The van der Waals surface area contributed by atoms with Gasteiger partial charge in [0.25, 0.3) is 5.91 Å². The molecule has 1 amide bonds. The van der Waals surface area contributed by atoms with Crippen LogP contribution < -0.4 is 5.32 Å². The monoisotopic (exact) mass is 320 g/mol. The fourth-order valence-electron chi connectivity index (χ4n) is 1.95. The number of carbonyl (C=O) groups excluding carboxylic acids is 1. The van der Waals surface area contributed by atoms with Gasteiger partial charge in [-0.15, -0.1) is 10.2 Å². The molecule has 5 nitrogen and oxygen atoms in total. The molecule has 0 bridgehead atoms. The lowest BCUT2D eigenvalue weighted by molar-refractivity contribution is 0.0786. The Hall–Kier alpha value is -2.57. The lowest BCUT2D eigenvalue weighted by Gasteiger charge is -2.15. The number of benzene rings is 1. The van der Waals surface area contributed by atoms with Gasteiger partial charge in [0.2, 0.25) is 0 Å². The van der Waals surface area contributed by atoms with E-state index in [0.29, 0.717) is 6.54 Å². The normalized spacial score (nSPS) is 10.4. The number of rotatable bonds is 6. The van der Waals surface area contributed by atoms with Crippen LogP contribution in [0.2, 0.25) is 0 Å². The van der Waals surface area contributed by atoms with Crippen LogP contribution in [0, 0.1) is 11.6 Å². The molecule has 0 saturated heterocycles. The van der Waals surface area contributed by atoms with Crippen molar-refractivity contribution >= 4 is 17.4 Å². The highest BCUT2D eigenvalue weighted by molar-refractivity contribution is 5.92. The van der Waals surface area contributed by atoms with E-state index >= 15 is 0 Å². The molecule has 0 radical (unpaired) electrons. The first-order valence-electron chi connectivity index (χ1n) is 7.33. The molecule has 2 aromatic rings. The summed E-state index contributed by atoms with van der Waals surface area (Å²) in [7, 11) is 1.69. The third-order valence-corrected chi connectivity index (χ3v) is 3.29. The fraction of sp³-hybridized carbons (Fsp3) is 0.312. The van der Waals surface area contributed by atoms with E-state index in [9.17, 15) is 13.6 Å². The van der Waals surface area contributed by atoms with Crippen molar-refractivity contribution in [1.29, 1.82) is 0 Å². The van der Waals surface area contributed by atoms with Crippen molar-refractivity contribution in [2.75, 3.05) is 18.9 Å². The first-order chi connectivity index (χ1) is 11.0. The highest BCUT2D eigenvalue weighted by Gasteiger charge is 2.14. The first-order valence-corrected chi connectivity index (χ1v) is 7.33. The topological polar surface area (TPSA) is 58.1 Å². The van der Waals surface area contributed by atoms with Gasteiger partial charge in [-0.1, -0.05) is 19.4 Å². The molecule has 0 fully saturated rings. The summed E-state index contributed by atoms with van der Waals surface area (Å²) < 4.78 is 27.1. The Bertz CT molecular complexity index is 656. The number of anilines is 2. The molecule has 0 saturated carbocycles. The number of nitrogens with one attached hydrogen (secondary N) is 1. The van der Waals surface area contributed by atoms with Crippen LogP contribution in [-0.2, 0) is 0 Å². The zero-order chi connectivity index (χ0) is 16.8. The minimum absolute atomic E-state index is 0.154. The number of hydrogen-bond donors (Lipinski definition) is 1. The molecule has 122 valence electrons. The molecule has 1 aromatic carbocycles. The molecule has 1 N–H and O–H groups in total. The van der Waals surface area contributed by atoms with Crippen LogP contribution in [0.3, 0.4) is 0 Å². The lowest BCUT2D eigenvalue weighted by Crippen LogP contribution is -2.28. The number of nitrogens with zero attached hydrogens (tertiary/aromatic N) is 3. The summed E-state index contributed by atoms with van der Waals surface area (Å²) in [6.07, 6.45) is 1.89. The average Bonchev–Trinajstić information content (AvgIpc) is 2.56. The Morgan fingerprint density at radius 1 is 1.17 bits per heavy atom. The van der Waals surface area contributed by atoms with E-state index in [2.05, 4.69) is 15.5 Å². The van der Waals surface area contributed by atoms with Gasteiger partial charge in [0.05, 0.1) is 0 Å². The third-order valence-electron chi connectivity index (χ3n) is 3.29. The van der Waals surface area contributed by atoms with E-state index in [1.807, 2.05) is 6.92 Å². The molecule has 1 heterocycles. The maximum atomic E-state index is 13.6. The summed E-state index contributed by atoms with van der Waals surface area (Å²) in [6.45, 7) is 2.68. The third kappa shape index (κ3) is 4.21. The van der Waals surface area contributed by atoms with Gasteiger partial charge in [-0.2, -0.15) is 0 Å². The molecular formula is C16H18F2N4O. The van der Waals surface area contributed by atoms with Gasteiger partial charge in [-0.05, 0) is 30.7 Å². The molecule has 23 heavy (non-hydrogen) atoms. The second kappa shape index (κ2) is 7.62. The maximum Gasteiger partial charge on any atom is 0.274 e. The molecule has 0 aliphatic rings. The Morgan fingerprint density at radius 3 is 2.43 bits per heavy atom. The molecule has 0 aliphatic heterocycles. The number of hydrogen-bond acceptors (Lipinski definition) is 4. The van der Waals surface area contributed by atoms with E-state index in [1.54, 1.807) is 11.9 Å². The van der Waals surface area contributed by atoms with Gasteiger partial charge in [0, 0.05) is 13.6 Å². The van der Waals surface area contributed by atoms with Crippen LogP contribution in [-0.4, -0.2) is 34.6 Å². The van der Waals surface area contributed by atoms with Crippen LogP contribution in [0.15, 0.2) is 30.3 Å². The van der Waals surface area contributed by atoms with Gasteiger partial charge >= 0.3 is 0 Å². The van der Waals surface area contributed by atoms with Crippen molar-refractivity contribution in [3.63, 3.8) is 0 Å². The summed E-state index contributed by atoms with van der Waals surface area (Å²) in [4.78, 5) is 13.7. The van der Waals surface area contributed by atoms with Crippen LogP contribution in [0.1, 0.15) is 30.3 Å². The van der Waals surface area contributed by atoms with Crippen molar-refractivity contribution in [2.45, 2.75) is 19.8 Å². The summed E-state index contributed by atoms with van der Waals surface area (Å²) in [6, 6.07) is 6.48. The minimum Gasteiger partial charge on any atom is -0.340 e. The van der Waals surface area contributed by atoms with Gasteiger partial charge in [0.15, 0.2) is 11.5 Å². The van der Waals surface area contributed by atoms with E-state index in [-0.39, 0.29) is 23.1 Å². The zero-order valence-corrected chi connectivity index (χ0v) is 13.0. The predicted octanol–water partition coefficient (Wildman–Crippen LogP) is 3.37. The van der Waals surface area contributed by atoms with Crippen LogP contribution in [0.5, 0.6) is 0 Å². The van der Waals surface area contributed by atoms with Gasteiger partial charge < -0.3 is 10.2 Å². The van der Waals surface area contributed by atoms with E-state index in [0.717, 1.165) is 25.0 Å². The summed E-state index contributed by atoms with van der Waals surface area (Å²) in [5.74, 6) is -1.55. The molecule has 7 heteroatoms. The van der Waals surface area contributed by atoms with Crippen LogP contribution in [0.4, 0.5) is 20.3 Å². The molecule has 0 unspecified atom stereocenters. The Kier molecular flexibility index (Phi) is 5.56. The largest absolute Gasteiger partial charge is 0.340 e. The Balaban J connectivity index is 2.09. The molecular weight excluding hydrogens is 302 g/mol. The van der Waals surface area contributed by atoms with Crippen LogP contribution >= 0.6 is 0 Å². The molecule has 0 aliphatic carbocycles. The van der Waals surface area contributed by atoms with Crippen molar-refractivity contribution in [3.8, 4) is 0 Å². The number of carbonyl (C=O) groups is 1. The predicted molar refractivity (Wildman–Crippen MR) is 83.5 cm³/mol. The van der Waals surface area contributed by atoms with Gasteiger partial charge in [-0.3, -0.25) is 4.79 Å². The molecule has 0 atom stereocenters. The summed E-state index contributed by atoms with van der Waals surface area (Å²) in [5, 5.41) is 10.1. The highest BCUT2D eigenvalue weighted by atomic mass is 19.1. The van der Waals surface area contributed by atoms with Gasteiger partial charge in [-0.25, -0.2) is 8.78 Å². The summed E-state index contributed by atoms with van der Waals surface area (Å²) in [5.41, 5.74) is -0.121. The number of unbranched alkanes of at least 4 members (excludes halogenated alkanes) is 1. The quantitative estimate of drug-likeness (QED) is 0.886. The summed E-state index contributed by atoms with van der Waals surface area (Å²) >= 11 is 0. The maximum absolute atomic E-state index is 13.6.